The van der Waals surface area contributed by atoms with Crippen molar-refractivity contribution < 1.29 is 4.79 Å². The minimum Gasteiger partial charge on any atom is -0.357 e. The molecule has 2 heterocycles. The van der Waals surface area contributed by atoms with Crippen LogP contribution in [-0.2, 0) is 17.8 Å². The maximum absolute atomic E-state index is 12.1. The lowest BCUT2D eigenvalue weighted by atomic mass is 10.0. The molecule has 2 aromatic rings. The first-order valence-corrected chi connectivity index (χ1v) is 9.14. The monoisotopic (exact) mass is 337 g/mol. The number of rotatable bonds is 6. The lowest BCUT2D eigenvalue weighted by molar-refractivity contribution is -0.121. The van der Waals surface area contributed by atoms with E-state index in [1.807, 2.05) is 6.20 Å². The second-order valence-electron chi connectivity index (χ2n) is 6.93. The number of aryl methyl sites for hydroxylation is 3. The molecule has 0 unspecified atom stereocenters. The van der Waals surface area contributed by atoms with E-state index in [0.29, 0.717) is 13.0 Å². The normalized spacial score (nSPS) is 13.9. The van der Waals surface area contributed by atoms with Crippen LogP contribution in [0.3, 0.4) is 0 Å². The molecule has 0 bridgehead atoms. The first-order valence-electron chi connectivity index (χ1n) is 9.14. The molecule has 1 amide bonds. The van der Waals surface area contributed by atoms with Gasteiger partial charge in [-0.25, -0.2) is 4.98 Å². The number of hydrogen-bond donors (Lipinski definition) is 1. The Bertz CT molecular complexity index is 718. The molecule has 3 rings (SSSR count). The van der Waals surface area contributed by atoms with Crippen LogP contribution in [0.5, 0.6) is 0 Å². The molecule has 0 saturated carbocycles. The molecule has 0 atom stereocenters. The highest BCUT2D eigenvalue weighted by atomic mass is 16.1. The Kier molecular flexibility index (Phi) is 5.69. The minimum atomic E-state index is 0.0867. The third kappa shape index (κ3) is 4.81. The van der Waals surface area contributed by atoms with Crippen molar-refractivity contribution in [2.24, 2.45) is 0 Å². The Labute approximate surface area is 150 Å². The zero-order chi connectivity index (χ0) is 17.6. The predicted octanol–water partition coefficient (Wildman–Crippen LogP) is 3.55. The third-order valence-corrected chi connectivity index (χ3v) is 4.85. The van der Waals surface area contributed by atoms with Gasteiger partial charge >= 0.3 is 0 Å². The molecule has 1 aromatic carbocycles. The van der Waals surface area contributed by atoms with Gasteiger partial charge in [0.2, 0.25) is 5.91 Å². The van der Waals surface area contributed by atoms with Gasteiger partial charge in [-0.05, 0) is 55.9 Å². The molecule has 1 N–H and O–H groups in total. The topological polar surface area (TPSA) is 45.2 Å². The summed E-state index contributed by atoms with van der Waals surface area (Å²) in [5.74, 6) is 1.13. The molecular weight excluding hydrogens is 310 g/mol. The maximum atomic E-state index is 12.1. The van der Waals surface area contributed by atoms with Gasteiger partial charge in [-0.15, -0.1) is 0 Å². The van der Waals surface area contributed by atoms with Crippen molar-refractivity contribution >= 4 is 11.7 Å². The number of nitrogens with zero attached hydrogens (tertiary/aromatic N) is 2. The summed E-state index contributed by atoms with van der Waals surface area (Å²) in [6.45, 7) is 6.93. The van der Waals surface area contributed by atoms with E-state index < -0.39 is 0 Å². The zero-order valence-corrected chi connectivity index (χ0v) is 15.2. The van der Waals surface area contributed by atoms with E-state index >= 15 is 0 Å². The van der Waals surface area contributed by atoms with Crippen LogP contribution in [0.25, 0.3) is 0 Å². The number of nitrogens with one attached hydrogen (secondary N) is 1. The largest absolute Gasteiger partial charge is 0.357 e. The van der Waals surface area contributed by atoms with Crippen LogP contribution >= 0.6 is 0 Å². The van der Waals surface area contributed by atoms with Gasteiger partial charge in [0.25, 0.3) is 0 Å². The highest BCUT2D eigenvalue weighted by molar-refractivity contribution is 5.76. The van der Waals surface area contributed by atoms with Gasteiger partial charge in [-0.1, -0.05) is 29.8 Å². The fourth-order valence-electron chi connectivity index (χ4n) is 3.32. The lowest BCUT2D eigenvalue weighted by Crippen LogP contribution is -2.23. The van der Waals surface area contributed by atoms with Crippen LogP contribution in [0.4, 0.5) is 5.82 Å². The highest BCUT2D eigenvalue weighted by Crippen LogP contribution is 2.17. The summed E-state index contributed by atoms with van der Waals surface area (Å²) in [4.78, 5) is 18.9. The number of hydrogen-bond acceptors (Lipinski definition) is 3. The first-order chi connectivity index (χ1) is 12.1. The lowest BCUT2D eigenvalue weighted by Gasteiger charge is -2.16. The quantitative estimate of drug-likeness (QED) is 0.877. The van der Waals surface area contributed by atoms with Crippen LogP contribution in [0.2, 0.25) is 0 Å². The fourth-order valence-corrected chi connectivity index (χ4v) is 3.32. The van der Waals surface area contributed by atoms with Crippen LogP contribution in [-0.4, -0.2) is 24.0 Å². The molecule has 1 aliphatic heterocycles. The SMILES string of the molecule is Cc1ccc(CCC(=O)NCc2ccc(N3CCCC3)nc2)c(C)c1. The Morgan fingerprint density at radius 2 is 1.96 bits per heavy atom. The number of carbonyl (C=O) groups is 1. The number of pyridine rings is 1. The second kappa shape index (κ2) is 8.15. The number of carbonyl (C=O) groups excluding carboxylic acids is 1. The average molecular weight is 337 g/mol. The number of benzene rings is 1. The molecule has 1 aromatic heterocycles. The summed E-state index contributed by atoms with van der Waals surface area (Å²) in [5.41, 5.74) is 4.81. The van der Waals surface area contributed by atoms with E-state index in [9.17, 15) is 4.79 Å². The summed E-state index contributed by atoms with van der Waals surface area (Å²) in [7, 11) is 0. The Hall–Kier alpha value is -2.36. The molecule has 0 spiro atoms. The van der Waals surface area contributed by atoms with Crippen molar-refractivity contribution in [1.29, 1.82) is 0 Å². The third-order valence-electron chi connectivity index (χ3n) is 4.85. The summed E-state index contributed by atoms with van der Waals surface area (Å²) < 4.78 is 0. The molecule has 4 heteroatoms. The van der Waals surface area contributed by atoms with Gasteiger partial charge in [0.1, 0.15) is 5.82 Å². The van der Waals surface area contributed by atoms with Gasteiger partial charge in [-0.3, -0.25) is 4.79 Å². The maximum Gasteiger partial charge on any atom is 0.220 e. The summed E-state index contributed by atoms with van der Waals surface area (Å²) in [5, 5.41) is 3.00. The van der Waals surface area contributed by atoms with E-state index in [4.69, 9.17) is 0 Å². The van der Waals surface area contributed by atoms with Crippen LogP contribution in [0, 0.1) is 13.8 Å². The fraction of sp³-hybridized carbons (Fsp3) is 0.429. The molecule has 0 aliphatic carbocycles. The highest BCUT2D eigenvalue weighted by Gasteiger charge is 2.13. The van der Waals surface area contributed by atoms with E-state index in [1.54, 1.807) is 0 Å². The van der Waals surface area contributed by atoms with Crippen molar-refractivity contribution in [3.05, 3.63) is 58.8 Å². The van der Waals surface area contributed by atoms with Crippen molar-refractivity contribution in [2.45, 2.75) is 46.1 Å². The molecule has 25 heavy (non-hydrogen) atoms. The van der Waals surface area contributed by atoms with Gasteiger partial charge in [0.05, 0.1) is 0 Å². The summed E-state index contributed by atoms with van der Waals surface area (Å²) >= 11 is 0. The second-order valence-corrected chi connectivity index (χ2v) is 6.93. The summed E-state index contributed by atoms with van der Waals surface area (Å²) in [6, 6.07) is 10.5. The smallest absolute Gasteiger partial charge is 0.220 e. The van der Waals surface area contributed by atoms with Crippen molar-refractivity contribution in [2.75, 3.05) is 18.0 Å². The molecule has 1 aliphatic rings. The van der Waals surface area contributed by atoms with E-state index in [1.165, 1.54) is 29.5 Å². The number of aromatic nitrogens is 1. The van der Waals surface area contributed by atoms with Crippen molar-refractivity contribution in [3.63, 3.8) is 0 Å². The average Bonchev–Trinajstić information content (AvgIpc) is 3.14. The minimum absolute atomic E-state index is 0.0867. The van der Waals surface area contributed by atoms with E-state index in [-0.39, 0.29) is 5.91 Å². The summed E-state index contributed by atoms with van der Waals surface area (Å²) in [6.07, 6.45) is 5.67. The Balaban J connectivity index is 1.45. The molecular formula is C21H27N3O. The van der Waals surface area contributed by atoms with Gasteiger partial charge < -0.3 is 10.2 Å². The van der Waals surface area contributed by atoms with Crippen LogP contribution < -0.4 is 10.2 Å². The first kappa shape index (κ1) is 17.5. The molecule has 4 nitrogen and oxygen atoms in total. The molecule has 1 saturated heterocycles. The van der Waals surface area contributed by atoms with Crippen molar-refractivity contribution in [1.82, 2.24) is 10.3 Å². The predicted molar refractivity (Wildman–Crippen MR) is 102 cm³/mol. The Morgan fingerprint density at radius 3 is 2.64 bits per heavy atom. The van der Waals surface area contributed by atoms with Gasteiger partial charge in [-0.2, -0.15) is 0 Å². The number of amides is 1. The Morgan fingerprint density at radius 1 is 1.16 bits per heavy atom. The van der Waals surface area contributed by atoms with Crippen molar-refractivity contribution in [3.8, 4) is 0 Å². The molecule has 0 radical (unpaired) electrons. The zero-order valence-electron chi connectivity index (χ0n) is 15.2. The van der Waals surface area contributed by atoms with Gasteiger partial charge in [0.15, 0.2) is 0 Å². The standard InChI is InChI=1S/C21H27N3O/c1-16-5-7-19(17(2)13-16)8-10-21(25)23-15-18-6-9-20(22-14-18)24-11-3-4-12-24/h5-7,9,13-14H,3-4,8,10-12,15H2,1-2H3,(H,23,25). The molecule has 132 valence electrons. The van der Waals surface area contributed by atoms with E-state index in [2.05, 4.69) is 59.4 Å². The number of anilines is 1. The van der Waals surface area contributed by atoms with E-state index in [0.717, 1.165) is 30.9 Å². The molecule has 1 fully saturated rings. The van der Waals surface area contributed by atoms with Crippen LogP contribution in [0.1, 0.15) is 41.5 Å². The van der Waals surface area contributed by atoms with Gasteiger partial charge in [0, 0.05) is 32.3 Å². The van der Waals surface area contributed by atoms with Crippen LogP contribution in [0.15, 0.2) is 36.5 Å².